The summed E-state index contributed by atoms with van der Waals surface area (Å²) in [5, 5.41) is 0.220. The number of hydrogen-bond acceptors (Lipinski definition) is 3. The molecule has 0 aromatic rings. The highest BCUT2D eigenvalue weighted by atomic mass is 28.4. The standard InChI is InChI=1S/C23H40O3Si/c1-16(15-25-27(8,9)22(4,5)6)19-10-12-23(7)13-11-21(26-18(3)24)17(2)20(23)14-19/h19,21H,1,10-15H2,2-9H3. The zero-order chi connectivity index (χ0) is 20.6. The van der Waals surface area contributed by atoms with Gasteiger partial charge in [0.25, 0.3) is 0 Å². The summed E-state index contributed by atoms with van der Waals surface area (Å²) >= 11 is 0. The number of hydrogen-bond donors (Lipinski definition) is 0. The molecular formula is C23H40O3Si. The lowest BCUT2D eigenvalue weighted by molar-refractivity contribution is -0.145. The molecule has 3 unspecified atom stereocenters. The Morgan fingerprint density at radius 2 is 1.85 bits per heavy atom. The molecule has 3 atom stereocenters. The first-order chi connectivity index (χ1) is 12.3. The van der Waals surface area contributed by atoms with E-state index in [1.165, 1.54) is 36.5 Å². The van der Waals surface area contributed by atoms with Crippen LogP contribution in [0.5, 0.6) is 0 Å². The maximum atomic E-state index is 11.5. The van der Waals surface area contributed by atoms with E-state index < -0.39 is 8.32 Å². The lowest BCUT2D eigenvalue weighted by Gasteiger charge is -2.46. The van der Waals surface area contributed by atoms with Crippen LogP contribution in [0.4, 0.5) is 0 Å². The van der Waals surface area contributed by atoms with Gasteiger partial charge in [-0.05, 0) is 79.6 Å². The zero-order valence-electron chi connectivity index (χ0n) is 18.8. The Hall–Kier alpha value is -0.873. The molecule has 2 aliphatic rings. The lowest BCUT2D eigenvalue weighted by Crippen LogP contribution is -2.42. The van der Waals surface area contributed by atoms with E-state index in [9.17, 15) is 4.79 Å². The number of rotatable bonds is 5. The van der Waals surface area contributed by atoms with Crippen molar-refractivity contribution in [3.05, 3.63) is 23.3 Å². The Labute approximate surface area is 167 Å². The van der Waals surface area contributed by atoms with Crippen molar-refractivity contribution in [3.8, 4) is 0 Å². The van der Waals surface area contributed by atoms with Gasteiger partial charge in [-0.15, -0.1) is 0 Å². The van der Waals surface area contributed by atoms with Crippen molar-refractivity contribution in [1.29, 1.82) is 0 Å². The summed E-state index contributed by atoms with van der Waals surface area (Å²) in [5.41, 5.74) is 4.28. The van der Waals surface area contributed by atoms with Gasteiger partial charge in [-0.2, -0.15) is 0 Å². The van der Waals surface area contributed by atoms with Gasteiger partial charge in [0.1, 0.15) is 6.10 Å². The van der Waals surface area contributed by atoms with Gasteiger partial charge in [-0.3, -0.25) is 4.79 Å². The van der Waals surface area contributed by atoms with E-state index >= 15 is 0 Å². The van der Waals surface area contributed by atoms with Crippen LogP contribution >= 0.6 is 0 Å². The maximum absolute atomic E-state index is 11.5. The highest BCUT2D eigenvalue weighted by molar-refractivity contribution is 6.74. The summed E-state index contributed by atoms with van der Waals surface area (Å²) in [5.74, 6) is 0.298. The SMILES string of the molecule is C=C(CO[Si](C)(C)C(C)(C)C)C1CCC2(C)CCC(OC(C)=O)C(C)=C2C1. The molecule has 0 spiro atoms. The predicted molar refractivity (Wildman–Crippen MR) is 115 cm³/mol. The quantitative estimate of drug-likeness (QED) is 0.308. The van der Waals surface area contributed by atoms with Gasteiger partial charge in [-0.1, -0.05) is 39.8 Å². The normalized spacial score (nSPS) is 29.3. The summed E-state index contributed by atoms with van der Waals surface area (Å²) in [4.78, 5) is 11.5. The van der Waals surface area contributed by atoms with Crippen LogP contribution in [0, 0.1) is 11.3 Å². The Morgan fingerprint density at radius 1 is 1.26 bits per heavy atom. The van der Waals surface area contributed by atoms with Crippen LogP contribution < -0.4 is 0 Å². The molecule has 0 aromatic carbocycles. The summed E-state index contributed by atoms with van der Waals surface area (Å²) in [6.45, 7) is 22.6. The van der Waals surface area contributed by atoms with Gasteiger partial charge in [-0.25, -0.2) is 0 Å². The van der Waals surface area contributed by atoms with E-state index in [-0.39, 0.29) is 22.5 Å². The van der Waals surface area contributed by atoms with Gasteiger partial charge in [0, 0.05) is 6.92 Å². The molecule has 2 rings (SSSR count). The van der Waals surface area contributed by atoms with E-state index in [2.05, 4.69) is 54.3 Å². The van der Waals surface area contributed by atoms with E-state index in [1.807, 2.05) is 0 Å². The number of carbonyl (C=O) groups excluding carboxylic acids is 1. The number of esters is 1. The second kappa shape index (κ2) is 7.86. The summed E-state index contributed by atoms with van der Waals surface area (Å²) in [6.07, 6.45) is 5.44. The van der Waals surface area contributed by atoms with Crippen molar-refractivity contribution in [2.24, 2.45) is 11.3 Å². The van der Waals surface area contributed by atoms with Crippen molar-refractivity contribution >= 4 is 14.3 Å². The number of fused-ring (bicyclic) bond motifs is 1. The van der Waals surface area contributed by atoms with Crippen molar-refractivity contribution in [2.45, 2.75) is 97.9 Å². The minimum absolute atomic E-state index is 0.0407. The molecule has 1 saturated carbocycles. The topological polar surface area (TPSA) is 35.5 Å². The predicted octanol–water partition coefficient (Wildman–Crippen LogP) is 6.41. The molecule has 0 saturated heterocycles. The third-order valence-electron chi connectivity index (χ3n) is 7.45. The first-order valence-corrected chi connectivity index (χ1v) is 13.4. The minimum Gasteiger partial charge on any atom is -0.458 e. The highest BCUT2D eigenvalue weighted by Gasteiger charge is 2.42. The molecule has 4 heteroatoms. The maximum Gasteiger partial charge on any atom is 0.303 e. The third-order valence-corrected chi connectivity index (χ3v) is 11.9. The molecule has 2 aliphatic carbocycles. The van der Waals surface area contributed by atoms with Crippen molar-refractivity contribution < 1.29 is 14.0 Å². The van der Waals surface area contributed by atoms with Crippen molar-refractivity contribution in [3.63, 3.8) is 0 Å². The summed E-state index contributed by atoms with van der Waals surface area (Å²) < 4.78 is 12.0. The van der Waals surface area contributed by atoms with E-state index in [0.717, 1.165) is 19.3 Å². The Morgan fingerprint density at radius 3 is 2.41 bits per heavy atom. The fourth-order valence-electron chi connectivity index (χ4n) is 4.32. The molecule has 27 heavy (non-hydrogen) atoms. The van der Waals surface area contributed by atoms with Crippen molar-refractivity contribution in [2.75, 3.05) is 6.61 Å². The van der Waals surface area contributed by atoms with E-state index in [1.54, 1.807) is 0 Å². The molecule has 0 aliphatic heterocycles. The van der Waals surface area contributed by atoms with Crippen molar-refractivity contribution in [1.82, 2.24) is 0 Å². The fourth-order valence-corrected chi connectivity index (χ4v) is 5.29. The van der Waals surface area contributed by atoms with Crippen LogP contribution in [-0.2, 0) is 14.0 Å². The number of allylic oxidation sites excluding steroid dienone is 1. The molecule has 1 fully saturated rings. The van der Waals surface area contributed by atoms with Crippen LogP contribution in [-0.4, -0.2) is 27.0 Å². The molecule has 0 aromatic heterocycles. The van der Waals surface area contributed by atoms with Crippen LogP contribution in [0.1, 0.15) is 73.6 Å². The average Bonchev–Trinajstić information content (AvgIpc) is 2.54. The number of carbonyl (C=O) groups is 1. The molecule has 0 heterocycles. The second-order valence-corrected chi connectivity index (χ2v) is 15.3. The largest absolute Gasteiger partial charge is 0.458 e. The fraction of sp³-hybridized carbons (Fsp3) is 0.783. The first kappa shape index (κ1) is 22.4. The monoisotopic (exact) mass is 392 g/mol. The van der Waals surface area contributed by atoms with Gasteiger partial charge in [0.15, 0.2) is 8.32 Å². The van der Waals surface area contributed by atoms with Gasteiger partial charge >= 0.3 is 5.97 Å². The first-order valence-electron chi connectivity index (χ1n) is 10.5. The third kappa shape index (κ3) is 4.95. The Bertz CT molecular complexity index is 626. The van der Waals surface area contributed by atoms with Gasteiger partial charge in [0.05, 0.1) is 6.61 Å². The van der Waals surface area contributed by atoms with Crippen LogP contribution in [0.2, 0.25) is 18.1 Å². The van der Waals surface area contributed by atoms with Crippen LogP contribution in [0.15, 0.2) is 23.3 Å². The Kier molecular flexibility index (Phi) is 6.53. The molecule has 0 N–H and O–H groups in total. The summed E-state index contributed by atoms with van der Waals surface area (Å²) in [7, 11) is -1.75. The molecule has 0 amide bonds. The average molecular weight is 393 g/mol. The smallest absolute Gasteiger partial charge is 0.303 e. The highest BCUT2D eigenvalue weighted by Crippen LogP contribution is 2.52. The number of ether oxygens (including phenoxy) is 1. The second-order valence-electron chi connectivity index (χ2n) is 10.5. The minimum atomic E-state index is -1.75. The van der Waals surface area contributed by atoms with E-state index in [0.29, 0.717) is 12.5 Å². The van der Waals surface area contributed by atoms with Gasteiger partial charge in [0.2, 0.25) is 0 Å². The van der Waals surface area contributed by atoms with Crippen LogP contribution in [0.25, 0.3) is 0 Å². The van der Waals surface area contributed by atoms with E-state index in [4.69, 9.17) is 9.16 Å². The molecule has 3 nitrogen and oxygen atoms in total. The molecule has 0 radical (unpaired) electrons. The molecular weight excluding hydrogens is 352 g/mol. The molecule has 0 bridgehead atoms. The zero-order valence-corrected chi connectivity index (χ0v) is 19.8. The summed E-state index contributed by atoms with van der Waals surface area (Å²) in [6, 6.07) is 0. The Balaban J connectivity index is 2.10. The van der Waals surface area contributed by atoms with Crippen LogP contribution in [0.3, 0.4) is 0 Å². The van der Waals surface area contributed by atoms with Gasteiger partial charge < -0.3 is 9.16 Å². The lowest BCUT2D eigenvalue weighted by atomic mass is 9.60. The molecule has 154 valence electrons.